The molecule has 0 unspecified atom stereocenters. The van der Waals surface area contributed by atoms with Gasteiger partial charge in [0.15, 0.2) is 5.78 Å². The molecule has 0 saturated heterocycles. The molecule has 0 N–H and O–H groups in total. The highest BCUT2D eigenvalue weighted by Gasteiger charge is 2.31. The van der Waals surface area contributed by atoms with Gasteiger partial charge in [0.25, 0.3) is 0 Å². The number of amides is 1. The molecule has 1 heterocycles. The van der Waals surface area contributed by atoms with Gasteiger partial charge in [0, 0.05) is 30.3 Å². The first-order valence-electron chi connectivity index (χ1n) is 12.0. The molecule has 0 spiro atoms. The molecule has 0 radical (unpaired) electrons. The minimum absolute atomic E-state index is 0.0835. The van der Waals surface area contributed by atoms with E-state index < -0.39 is 5.97 Å². The van der Waals surface area contributed by atoms with Crippen LogP contribution in [0, 0.1) is 13.8 Å². The van der Waals surface area contributed by atoms with E-state index in [-0.39, 0.29) is 24.3 Å². The van der Waals surface area contributed by atoms with Crippen molar-refractivity contribution in [3.8, 4) is 0 Å². The lowest BCUT2D eigenvalue weighted by atomic mass is 9.93. The van der Waals surface area contributed by atoms with Gasteiger partial charge in [0.1, 0.15) is 5.69 Å². The number of esters is 1. The molecule has 2 rings (SSSR count). The standard InChI is InChI=1S/C25H40N2O4/c1-6-8-9-13-16-22(29)27(20-14-11-10-12-15-20)17-21(28)23-18(3)24(25(30)31-5)26(7-2)19(23)4/h20H,6-17H2,1-5H3. The van der Waals surface area contributed by atoms with Crippen LogP contribution in [0.15, 0.2) is 0 Å². The van der Waals surface area contributed by atoms with E-state index in [1.807, 2.05) is 23.3 Å². The summed E-state index contributed by atoms with van der Waals surface area (Å²) in [7, 11) is 1.35. The third-order valence-electron chi connectivity index (χ3n) is 6.63. The van der Waals surface area contributed by atoms with Crippen LogP contribution in [0.1, 0.15) is 110 Å². The van der Waals surface area contributed by atoms with Gasteiger partial charge < -0.3 is 14.2 Å². The SMILES string of the molecule is CCCCCCC(=O)N(CC(=O)c1c(C)c(C(=O)OC)n(CC)c1C)C1CCCCC1. The van der Waals surface area contributed by atoms with Gasteiger partial charge in [-0.1, -0.05) is 45.4 Å². The normalized spacial score (nSPS) is 14.5. The maximum absolute atomic E-state index is 13.5. The lowest BCUT2D eigenvalue weighted by Crippen LogP contribution is -2.44. The van der Waals surface area contributed by atoms with Gasteiger partial charge >= 0.3 is 5.97 Å². The summed E-state index contributed by atoms with van der Waals surface area (Å²) in [6.45, 7) is 8.44. The topological polar surface area (TPSA) is 68.6 Å². The molecule has 31 heavy (non-hydrogen) atoms. The number of rotatable bonds is 11. The molecule has 0 aliphatic heterocycles. The Balaban J connectivity index is 2.27. The number of ketones is 1. The maximum atomic E-state index is 13.5. The molecule has 0 aromatic carbocycles. The third-order valence-corrected chi connectivity index (χ3v) is 6.63. The molecular formula is C25H40N2O4. The fourth-order valence-electron chi connectivity index (χ4n) is 4.96. The molecule has 6 nitrogen and oxygen atoms in total. The van der Waals surface area contributed by atoms with Crippen LogP contribution >= 0.6 is 0 Å². The first-order valence-corrected chi connectivity index (χ1v) is 12.0. The fraction of sp³-hybridized carbons (Fsp3) is 0.720. The zero-order chi connectivity index (χ0) is 23.0. The molecule has 1 aliphatic carbocycles. The van der Waals surface area contributed by atoms with E-state index in [1.54, 1.807) is 6.92 Å². The Labute approximate surface area is 187 Å². The van der Waals surface area contributed by atoms with Crippen LogP contribution in [0.2, 0.25) is 0 Å². The Bertz CT molecular complexity index is 775. The van der Waals surface area contributed by atoms with Crippen LogP contribution in [0.25, 0.3) is 0 Å². The van der Waals surface area contributed by atoms with E-state index >= 15 is 0 Å². The lowest BCUT2D eigenvalue weighted by Gasteiger charge is -2.34. The van der Waals surface area contributed by atoms with Gasteiger partial charge in [-0.05, 0) is 45.6 Å². The highest BCUT2D eigenvalue weighted by molar-refractivity contribution is 6.04. The first-order chi connectivity index (χ1) is 14.9. The Hall–Kier alpha value is -2.11. The average molecular weight is 433 g/mol. The number of aromatic nitrogens is 1. The fourth-order valence-corrected chi connectivity index (χ4v) is 4.96. The Morgan fingerprint density at radius 1 is 1.03 bits per heavy atom. The summed E-state index contributed by atoms with van der Waals surface area (Å²) in [5.41, 5.74) is 2.40. The van der Waals surface area contributed by atoms with Crippen LogP contribution in [0.3, 0.4) is 0 Å². The minimum atomic E-state index is -0.433. The number of nitrogens with zero attached hydrogens (tertiary/aromatic N) is 2. The van der Waals surface area contributed by atoms with Crippen LogP contribution in [-0.4, -0.2) is 46.8 Å². The number of Topliss-reactive ketones (excluding diaryl/α,β-unsaturated/α-hetero) is 1. The van der Waals surface area contributed by atoms with Crippen molar-refractivity contribution in [3.05, 3.63) is 22.5 Å². The van der Waals surface area contributed by atoms with Crippen molar-refractivity contribution < 1.29 is 19.1 Å². The van der Waals surface area contributed by atoms with Crippen molar-refractivity contribution in [2.24, 2.45) is 0 Å². The lowest BCUT2D eigenvalue weighted by molar-refractivity contribution is -0.133. The molecule has 1 aromatic heterocycles. The zero-order valence-corrected chi connectivity index (χ0v) is 20.1. The number of hydrogen-bond acceptors (Lipinski definition) is 4. The second kappa shape index (κ2) is 12.1. The summed E-state index contributed by atoms with van der Waals surface area (Å²) in [6.07, 6.45) is 10.0. The summed E-state index contributed by atoms with van der Waals surface area (Å²) in [6, 6.07) is 0.144. The third kappa shape index (κ3) is 5.98. The summed E-state index contributed by atoms with van der Waals surface area (Å²) in [5, 5.41) is 0. The molecule has 6 heteroatoms. The average Bonchev–Trinajstić information content (AvgIpc) is 3.04. The van der Waals surface area contributed by atoms with E-state index in [4.69, 9.17) is 4.74 Å². The van der Waals surface area contributed by atoms with Gasteiger partial charge in [-0.25, -0.2) is 4.79 Å². The van der Waals surface area contributed by atoms with Gasteiger partial charge in [0.2, 0.25) is 5.91 Å². The van der Waals surface area contributed by atoms with Crippen LogP contribution in [0.5, 0.6) is 0 Å². The van der Waals surface area contributed by atoms with Crippen molar-refractivity contribution >= 4 is 17.7 Å². The van der Waals surface area contributed by atoms with Crippen LogP contribution < -0.4 is 0 Å². The van der Waals surface area contributed by atoms with Crippen LogP contribution in [0.4, 0.5) is 0 Å². The number of methoxy groups -OCH3 is 1. The molecule has 174 valence electrons. The second-order valence-electron chi connectivity index (χ2n) is 8.72. The van der Waals surface area contributed by atoms with E-state index in [2.05, 4.69) is 6.92 Å². The zero-order valence-electron chi connectivity index (χ0n) is 20.1. The number of ether oxygens (including phenoxy) is 1. The van der Waals surface area contributed by atoms with E-state index in [0.29, 0.717) is 29.8 Å². The Morgan fingerprint density at radius 3 is 2.29 bits per heavy atom. The molecule has 1 aromatic rings. The van der Waals surface area contributed by atoms with Crippen LogP contribution in [-0.2, 0) is 16.1 Å². The summed E-state index contributed by atoms with van der Waals surface area (Å²) >= 11 is 0. The molecule has 0 bridgehead atoms. The molecule has 1 saturated carbocycles. The second-order valence-corrected chi connectivity index (χ2v) is 8.72. The van der Waals surface area contributed by atoms with Crippen molar-refractivity contribution in [2.75, 3.05) is 13.7 Å². The van der Waals surface area contributed by atoms with E-state index in [0.717, 1.165) is 57.1 Å². The molecular weight excluding hydrogens is 392 g/mol. The van der Waals surface area contributed by atoms with Gasteiger partial charge in [-0.15, -0.1) is 0 Å². The van der Waals surface area contributed by atoms with E-state index in [1.165, 1.54) is 13.5 Å². The Morgan fingerprint density at radius 2 is 1.71 bits per heavy atom. The van der Waals surface area contributed by atoms with Crippen molar-refractivity contribution in [2.45, 2.75) is 104 Å². The predicted octanol–water partition coefficient (Wildman–Crippen LogP) is 5.23. The van der Waals surface area contributed by atoms with Crippen molar-refractivity contribution in [1.29, 1.82) is 0 Å². The number of carbonyl (C=O) groups is 3. The largest absolute Gasteiger partial charge is 0.464 e. The van der Waals surface area contributed by atoms with Crippen molar-refractivity contribution in [1.82, 2.24) is 9.47 Å². The number of carbonyl (C=O) groups excluding carboxylic acids is 3. The quantitative estimate of drug-likeness (QED) is 0.273. The van der Waals surface area contributed by atoms with Gasteiger partial charge in [0.05, 0.1) is 13.7 Å². The molecule has 1 fully saturated rings. The van der Waals surface area contributed by atoms with Gasteiger partial charge in [-0.2, -0.15) is 0 Å². The maximum Gasteiger partial charge on any atom is 0.354 e. The molecule has 1 amide bonds. The van der Waals surface area contributed by atoms with Crippen molar-refractivity contribution in [3.63, 3.8) is 0 Å². The predicted molar refractivity (Wildman–Crippen MR) is 123 cm³/mol. The summed E-state index contributed by atoms with van der Waals surface area (Å²) < 4.78 is 6.79. The smallest absolute Gasteiger partial charge is 0.354 e. The number of hydrogen-bond donors (Lipinski definition) is 0. The highest BCUT2D eigenvalue weighted by Crippen LogP contribution is 2.27. The monoisotopic (exact) mass is 432 g/mol. The Kier molecular flexibility index (Phi) is 9.79. The molecule has 0 atom stereocenters. The minimum Gasteiger partial charge on any atom is -0.464 e. The first kappa shape index (κ1) is 25.2. The molecule has 1 aliphatic rings. The summed E-state index contributed by atoms with van der Waals surface area (Å²) in [5.74, 6) is -0.424. The van der Waals surface area contributed by atoms with E-state index in [9.17, 15) is 14.4 Å². The number of unbranched alkanes of at least 4 members (excludes halogenated alkanes) is 3. The van der Waals surface area contributed by atoms with Gasteiger partial charge in [-0.3, -0.25) is 9.59 Å². The summed E-state index contributed by atoms with van der Waals surface area (Å²) in [4.78, 5) is 40.7. The highest BCUT2D eigenvalue weighted by atomic mass is 16.5.